The lowest BCUT2D eigenvalue weighted by Crippen LogP contribution is -2.50. The fourth-order valence-corrected chi connectivity index (χ4v) is 5.00. The van der Waals surface area contributed by atoms with Crippen LogP contribution >= 0.6 is 11.3 Å². The molecule has 7 heteroatoms. The van der Waals surface area contributed by atoms with Gasteiger partial charge in [-0.25, -0.2) is 4.79 Å². The number of imide groups is 1. The molecule has 0 aromatic carbocycles. The first kappa shape index (κ1) is 16.6. The third-order valence-corrected chi connectivity index (χ3v) is 6.85. The molecular formula is C18H23N3O3S. The van der Waals surface area contributed by atoms with Crippen LogP contribution in [0.2, 0.25) is 0 Å². The van der Waals surface area contributed by atoms with E-state index < -0.39 is 11.6 Å². The molecule has 1 N–H and O–H groups in total. The average Bonchev–Trinajstić information content (AvgIpc) is 3.16. The molecule has 6 nitrogen and oxygen atoms in total. The molecule has 1 aromatic rings. The lowest BCUT2D eigenvalue weighted by molar-refractivity contribution is -0.140. The van der Waals surface area contributed by atoms with Gasteiger partial charge in [0.25, 0.3) is 5.91 Å². The van der Waals surface area contributed by atoms with Crippen molar-refractivity contribution in [3.63, 3.8) is 0 Å². The summed E-state index contributed by atoms with van der Waals surface area (Å²) in [5, 5.41) is 4.92. The molecule has 4 amide bonds. The van der Waals surface area contributed by atoms with Gasteiger partial charge < -0.3 is 10.2 Å². The highest BCUT2D eigenvalue weighted by molar-refractivity contribution is 7.10. The van der Waals surface area contributed by atoms with Crippen LogP contribution in [0.15, 0.2) is 11.4 Å². The van der Waals surface area contributed by atoms with Gasteiger partial charge in [-0.15, -0.1) is 11.3 Å². The maximum absolute atomic E-state index is 12.8. The van der Waals surface area contributed by atoms with Gasteiger partial charge >= 0.3 is 6.03 Å². The largest absolute Gasteiger partial charge is 0.336 e. The lowest BCUT2D eigenvalue weighted by Gasteiger charge is -2.33. The van der Waals surface area contributed by atoms with Crippen molar-refractivity contribution in [2.24, 2.45) is 5.92 Å². The number of nitrogens with zero attached hydrogens (tertiary/aromatic N) is 2. The van der Waals surface area contributed by atoms with Crippen LogP contribution < -0.4 is 5.32 Å². The van der Waals surface area contributed by atoms with Gasteiger partial charge in [0, 0.05) is 18.0 Å². The summed E-state index contributed by atoms with van der Waals surface area (Å²) in [7, 11) is 0. The van der Waals surface area contributed by atoms with E-state index in [0.717, 1.165) is 24.2 Å². The molecule has 25 heavy (non-hydrogen) atoms. The zero-order valence-electron chi connectivity index (χ0n) is 14.4. The van der Waals surface area contributed by atoms with E-state index >= 15 is 0 Å². The van der Waals surface area contributed by atoms with Crippen LogP contribution in [0.25, 0.3) is 0 Å². The maximum atomic E-state index is 12.8. The third kappa shape index (κ3) is 2.84. The molecule has 1 aromatic heterocycles. The first-order valence-electron chi connectivity index (χ1n) is 8.96. The zero-order valence-corrected chi connectivity index (χ0v) is 15.2. The molecule has 3 aliphatic rings. The Labute approximate surface area is 151 Å². The molecule has 4 rings (SSSR count). The summed E-state index contributed by atoms with van der Waals surface area (Å²) in [6.45, 7) is 3.24. The summed E-state index contributed by atoms with van der Waals surface area (Å²) in [5.74, 6) is 0.215. The number of carbonyl (C=O) groups excluding carboxylic acids is 3. The van der Waals surface area contributed by atoms with Crippen molar-refractivity contribution in [1.29, 1.82) is 0 Å². The van der Waals surface area contributed by atoms with Gasteiger partial charge in [0.05, 0.1) is 0 Å². The van der Waals surface area contributed by atoms with Gasteiger partial charge in [-0.1, -0.05) is 6.92 Å². The molecular weight excluding hydrogens is 338 g/mol. The van der Waals surface area contributed by atoms with Gasteiger partial charge in [0.1, 0.15) is 12.1 Å². The van der Waals surface area contributed by atoms with Crippen molar-refractivity contribution < 1.29 is 14.4 Å². The van der Waals surface area contributed by atoms with Crippen molar-refractivity contribution in [2.45, 2.75) is 51.1 Å². The summed E-state index contributed by atoms with van der Waals surface area (Å²) in [4.78, 5) is 42.1. The van der Waals surface area contributed by atoms with Crippen LogP contribution in [0, 0.1) is 5.92 Å². The Balaban J connectivity index is 1.43. The minimum Gasteiger partial charge on any atom is -0.336 e. The van der Waals surface area contributed by atoms with E-state index in [1.807, 2.05) is 11.4 Å². The summed E-state index contributed by atoms with van der Waals surface area (Å²) in [6, 6.07) is 1.63. The molecule has 2 aliphatic heterocycles. The number of hydrogen-bond acceptors (Lipinski definition) is 4. The Hall–Kier alpha value is -1.89. The van der Waals surface area contributed by atoms with Crippen molar-refractivity contribution in [3.8, 4) is 0 Å². The van der Waals surface area contributed by atoms with Gasteiger partial charge in [-0.05, 0) is 55.0 Å². The van der Waals surface area contributed by atoms with Gasteiger partial charge in [-0.3, -0.25) is 14.5 Å². The molecule has 1 saturated carbocycles. The Morgan fingerprint density at radius 1 is 1.36 bits per heavy atom. The first-order valence-corrected chi connectivity index (χ1v) is 9.83. The normalized spacial score (nSPS) is 29.1. The molecule has 0 unspecified atom stereocenters. The Morgan fingerprint density at radius 3 is 2.88 bits per heavy atom. The van der Waals surface area contributed by atoms with Crippen LogP contribution in [0.4, 0.5) is 4.79 Å². The van der Waals surface area contributed by atoms with Crippen LogP contribution in [0.3, 0.4) is 0 Å². The Bertz CT molecular complexity index is 721. The minimum absolute atomic E-state index is 0.151. The fourth-order valence-electron chi connectivity index (χ4n) is 4.11. The second-order valence-corrected chi connectivity index (χ2v) is 8.52. The summed E-state index contributed by atoms with van der Waals surface area (Å²) >= 11 is 1.72. The van der Waals surface area contributed by atoms with E-state index in [-0.39, 0.29) is 18.4 Å². The molecule has 134 valence electrons. The standard InChI is InChI=1S/C18H23N3O3S/c1-12-2-6-18(7-3-12)16(23)21(17(24)19-18)11-15(22)20-8-4-14-13(10-20)5-9-25-14/h5,9,12H,2-4,6-8,10-11H2,1H3,(H,19,24). The number of nitrogens with one attached hydrogen (secondary N) is 1. The predicted molar refractivity (Wildman–Crippen MR) is 94.0 cm³/mol. The second kappa shape index (κ2) is 6.12. The zero-order chi connectivity index (χ0) is 17.6. The molecule has 1 saturated heterocycles. The van der Waals surface area contributed by atoms with Crippen LogP contribution in [0.5, 0.6) is 0 Å². The van der Waals surface area contributed by atoms with E-state index in [1.54, 1.807) is 16.2 Å². The molecule has 0 radical (unpaired) electrons. The molecule has 0 atom stereocenters. The third-order valence-electron chi connectivity index (χ3n) is 5.83. The highest BCUT2D eigenvalue weighted by Gasteiger charge is 2.52. The van der Waals surface area contributed by atoms with Crippen LogP contribution in [0.1, 0.15) is 43.0 Å². The van der Waals surface area contributed by atoms with E-state index in [0.29, 0.717) is 31.8 Å². The van der Waals surface area contributed by atoms with Crippen molar-refractivity contribution in [1.82, 2.24) is 15.1 Å². The number of carbonyl (C=O) groups is 3. The van der Waals surface area contributed by atoms with Crippen LogP contribution in [-0.2, 0) is 22.6 Å². The molecule has 0 bridgehead atoms. The van der Waals surface area contributed by atoms with E-state index in [2.05, 4.69) is 12.2 Å². The monoisotopic (exact) mass is 361 g/mol. The predicted octanol–water partition coefficient (Wildman–Crippen LogP) is 2.13. The first-order chi connectivity index (χ1) is 12.0. The van der Waals surface area contributed by atoms with Gasteiger partial charge in [0.2, 0.25) is 5.91 Å². The number of urea groups is 1. The Kier molecular flexibility index (Phi) is 4.06. The number of hydrogen-bond donors (Lipinski definition) is 1. The van der Waals surface area contributed by atoms with E-state index in [9.17, 15) is 14.4 Å². The van der Waals surface area contributed by atoms with E-state index in [1.165, 1.54) is 10.4 Å². The molecule has 3 heterocycles. The Morgan fingerprint density at radius 2 is 2.12 bits per heavy atom. The van der Waals surface area contributed by atoms with Gasteiger partial charge in [-0.2, -0.15) is 0 Å². The van der Waals surface area contributed by atoms with Crippen LogP contribution in [-0.4, -0.2) is 46.3 Å². The molecule has 2 fully saturated rings. The lowest BCUT2D eigenvalue weighted by atomic mass is 9.77. The highest BCUT2D eigenvalue weighted by Crippen LogP contribution is 2.36. The van der Waals surface area contributed by atoms with Gasteiger partial charge in [0.15, 0.2) is 0 Å². The number of thiophene rings is 1. The smallest absolute Gasteiger partial charge is 0.325 e. The number of fused-ring (bicyclic) bond motifs is 1. The number of amides is 4. The minimum atomic E-state index is -0.772. The van der Waals surface area contributed by atoms with Crippen molar-refractivity contribution in [3.05, 3.63) is 21.9 Å². The van der Waals surface area contributed by atoms with Crippen molar-refractivity contribution >= 4 is 29.2 Å². The number of rotatable bonds is 2. The maximum Gasteiger partial charge on any atom is 0.325 e. The fraction of sp³-hybridized carbons (Fsp3) is 0.611. The summed E-state index contributed by atoms with van der Waals surface area (Å²) < 4.78 is 0. The summed E-state index contributed by atoms with van der Waals surface area (Å²) in [6.07, 6.45) is 4.05. The molecule has 1 spiro atoms. The summed E-state index contributed by atoms with van der Waals surface area (Å²) in [5.41, 5.74) is 0.409. The topological polar surface area (TPSA) is 69.7 Å². The quantitative estimate of drug-likeness (QED) is 0.821. The second-order valence-electron chi connectivity index (χ2n) is 7.52. The SMILES string of the molecule is CC1CCC2(CC1)NC(=O)N(CC(=O)N1CCc3sccc3C1)C2=O. The van der Waals surface area contributed by atoms with E-state index in [4.69, 9.17) is 0 Å². The average molecular weight is 361 g/mol. The highest BCUT2D eigenvalue weighted by atomic mass is 32.1. The molecule has 1 aliphatic carbocycles. The van der Waals surface area contributed by atoms with Crippen molar-refractivity contribution in [2.75, 3.05) is 13.1 Å².